The summed E-state index contributed by atoms with van der Waals surface area (Å²) in [6.07, 6.45) is -25.7. The van der Waals surface area contributed by atoms with Gasteiger partial charge in [0.15, 0.2) is 0 Å². The first kappa shape index (κ1) is 45.4. The smallest absolute Gasteiger partial charge is 0.428 e. The molecule has 248 valence electrons. The molecular weight excluding hydrogens is 645 g/mol. The highest BCUT2D eigenvalue weighted by Crippen LogP contribution is 2.31. The fourth-order valence-electron chi connectivity index (χ4n) is 1.41. The van der Waals surface area contributed by atoms with Crippen LogP contribution in [0, 0.1) is 5.41 Å². The molecule has 42 heavy (non-hydrogen) atoms. The third-order valence-electron chi connectivity index (χ3n) is 3.82. The van der Waals surface area contributed by atoms with Crippen LogP contribution in [0.1, 0.15) is 13.3 Å². The zero-order valence-corrected chi connectivity index (χ0v) is 19.9. The molecule has 0 amide bonds. The number of carboxylic acids is 3. The lowest BCUT2D eigenvalue weighted by atomic mass is 9.88. The molecule has 0 radical (unpaired) electrons. The Kier molecular flexibility index (Phi) is 20.3. The van der Waals surface area contributed by atoms with E-state index in [1.807, 2.05) is 6.92 Å². The highest BCUT2D eigenvalue weighted by Gasteiger charge is 2.44. The average molecular weight is 662 g/mol. The van der Waals surface area contributed by atoms with E-state index in [1.54, 1.807) is 0 Å². The lowest BCUT2D eigenvalue weighted by molar-refractivity contribution is -0.147. The van der Waals surface area contributed by atoms with E-state index in [9.17, 15) is 80.2 Å². The molecule has 0 aromatic carbocycles. The van der Waals surface area contributed by atoms with Crippen molar-refractivity contribution in [1.29, 1.82) is 0 Å². The van der Waals surface area contributed by atoms with Crippen LogP contribution in [0.25, 0.3) is 0 Å². The third-order valence-corrected chi connectivity index (χ3v) is 3.82. The largest absolute Gasteiger partial charge is 0.477 e. The van der Waals surface area contributed by atoms with Gasteiger partial charge in [-0.15, -0.1) is 0 Å². The van der Waals surface area contributed by atoms with Crippen molar-refractivity contribution in [2.75, 3.05) is 19.8 Å². The number of aliphatic carboxylic acids is 3. The van der Waals surface area contributed by atoms with Gasteiger partial charge in [0.1, 0.15) is 0 Å². The first-order valence-electron chi connectivity index (χ1n) is 9.44. The van der Waals surface area contributed by atoms with Crippen molar-refractivity contribution in [2.24, 2.45) is 5.41 Å². The van der Waals surface area contributed by atoms with E-state index in [0.29, 0.717) is 6.42 Å². The zero-order valence-electron chi connectivity index (χ0n) is 19.9. The van der Waals surface area contributed by atoms with Crippen LogP contribution in [-0.4, -0.2) is 86.9 Å². The lowest BCUT2D eigenvalue weighted by Crippen LogP contribution is -2.32. The van der Waals surface area contributed by atoms with E-state index in [0.717, 1.165) is 0 Å². The van der Waals surface area contributed by atoms with Gasteiger partial charge in [0.2, 0.25) is 16.7 Å². The van der Waals surface area contributed by atoms with E-state index in [2.05, 4.69) is 0 Å². The summed E-state index contributed by atoms with van der Waals surface area (Å²) in [4.78, 5) is 28.6. The van der Waals surface area contributed by atoms with Gasteiger partial charge < -0.3 is 30.6 Å². The van der Waals surface area contributed by atoms with E-state index >= 15 is 0 Å². The molecule has 24 heteroatoms. The maximum atomic E-state index is 11.3. The average Bonchev–Trinajstić information content (AvgIpc) is 2.72. The number of rotatable bonds is 7. The summed E-state index contributed by atoms with van der Waals surface area (Å²) in [5, 5.41) is 48.8. The van der Waals surface area contributed by atoms with Crippen molar-refractivity contribution in [3.05, 3.63) is 35.0 Å². The van der Waals surface area contributed by atoms with E-state index in [1.165, 1.54) is 0 Å². The summed E-state index contributed by atoms with van der Waals surface area (Å²) in [7, 11) is 0. The van der Waals surface area contributed by atoms with Crippen LogP contribution in [0.15, 0.2) is 35.0 Å². The summed E-state index contributed by atoms with van der Waals surface area (Å²) in [6.45, 7) is 1.35. The normalized spacial score (nSPS) is 11.2. The highest BCUT2D eigenvalue weighted by atomic mass is 19.4. The van der Waals surface area contributed by atoms with Gasteiger partial charge in [0.05, 0.1) is 19.8 Å². The Hall–Kier alpha value is -3.54. The molecule has 6 N–H and O–H groups in total. The molecule has 0 unspecified atom stereocenters. The molecule has 0 fully saturated rings. The Morgan fingerprint density at radius 2 is 0.643 bits per heavy atom. The summed E-state index contributed by atoms with van der Waals surface area (Å²) in [5.74, 6) is -8.05. The van der Waals surface area contributed by atoms with Crippen molar-refractivity contribution in [3.63, 3.8) is 0 Å². The molecule has 0 aliphatic heterocycles. The van der Waals surface area contributed by atoms with Crippen molar-refractivity contribution < 1.29 is 111 Å². The fraction of sp³-hybridized carbons (Fsp3) is 0.500. The quantitative estimate of drug-likeness (QED) is 0.167. The van der Waals surface area contributed by atoms with Crippen LogP contribution in [0.3, 0.4) is 0 Å². The summed E-state index contributed by atoms with van der Waals surface area (Å²) >= 11 is 0. The number of hydrogen-bond donors (Lipinski definition) is 6. The Bertz CT molecular complexity index is 851. The van der Waals surface area contributed by atoms with Gasteiger partial charge in [-0.05, 0) is 6.42 Å². The van der Waals surface area contributed by atoms with E-state index < -0.39 is 76.8 Å². The van der Waals surface area contributed by atoms with Gasteiger partial charge in [0.25, 0.3) is 18.2 Å². The first-order chi connectivity index (χ1) is 18.5. The van der Waals surface area contributed by atoms with Gasteiger partial charge in [-0.2, -0.15) is 65.9 Å². The van der Waals surface area contributed by atoms with E-state index in [-0.39, 0.29) is 19.8 Å². The van der Waals surface area contributed by atoms with Gasteiger partial charge >= 0.3 is 36.4 Å². The molecule has 0 saturated carbocycles. The predicted octanol–water partition coefficient (Wildman–Crippen LogP) is 4.71. The standard InChI is InChI=1S/C6H14O3.3C4HF5O2/c1-2-6(3-7,4-8)5-9;3*5-2(6)1(3(10)11)4(7,8)9/h7-9H,2-5H2,1H3;3*(H,10,11). The summed E-state index contributed by atoms with van der Waals surface area (Å²) in [6, 6.07) is 0. The molecule has 9 nitrogen and oxygen atoms in total. The molecule has 0 heterocycles. The molecular formula is C18H17F15O9. The molecule has 0 aromatic rings. The van der Waals surface area contributed by atoms with Gasteiger partial charge in [-0.25, -0.2) is 14.4 Å². The Balaban J connectivity index is -0.000000230. The Morgan fingerprint density at radius 3 is 0.643 bits per heavy atom. The zero-order chi connectivity index (χ0) is 35.0. The Labute approximate surface area is 222 Å². The number of carbonyl (C=O) groups is 3. The molecule has 0 bridgehead atoms. The minimum absolute atomic E-state index is 0.156. The molecule has 0 spiro atoms. The minimum atomic E-state index is -5.51. The van der Waals surface area contributed by atoms with Crippen LogP contribution in [0.4, 0.5) is 65.9 Å². The molecule has 0 saturated heterocycles. The van der Waals surface area contributed by atoms with Gasteiger partial charge in [-0.1, -0.05) is 6.92 Å². The van der Waals surface area contributed by atoms with Crippen molar-refractivity contribution in [2.45, 2.75) is 31.9 Å². The molecule has 0 aliphatic rings. The minimum Gasteiger partial charge on any atom is -0.477 e. The van der Waals surface area contributed by atoms with Crippen LogP contribution in [-0.2, 0) is 14.4 Å². The number of halogens is 15. The number of aliphatic hydroxyl groups is 3. The lowest BCUT2D eigenvalue weighted by Gasteiger charge is -2.24. The van der Waals surface area contributed by atoms with Gasteiger partial charge in [-0.3, -0.25) is 0 Å². The molecule has 0 rings (SSSR count). The number of hydrogen-bond acceptors (Lipinski definition) is 6. The van der Waals surface area contributed by atoms with Crippen molar-refractivity contribution >= 4 is 17.9 Å². The monoisotopic (exact) mass is 662 g/mol. The van der Waals surface area contributed by atoms with Crippen LogP contribution in [0.5, 0.6) is 0 Å². The van der Waals surface area contributed by atoms with Crippen LogP contribution in [0.2, 0.25) is 0 Å². The fourth-order valence-corrected chi connectivity index (χ4v) is 1.41. The van der Waals surface area contributed by atoms with Crippen LogP contribution >= 0.6 is 0 Å². The summed E-state index contributed by atoms with van der Waals surface area (Å²) < 4.78 is 169. The Morgan fingerprint density at radius 1 is 0.476 bits per heavy atom. The first-order valence-corrected chi connectivity index (χ1v) is 9.44. The van der Waals surface area contributed by atoms with Crippen molar-refractivity contribution in [3.8, 4) is 0 Å². The topological polar surface area (TPSA) is 173 Å². The number of carboxylic acid groups (broad SMARTS) is 3. The molecule has 0 aromatic heterocycles. The third kappa shape index (κ3) is 18.0. The predicted molar refractivity (Wildman–Crippen MR) is 103 cm³/mol. The number of alkyl halides is 9. The maximum Gasteiger partial charge on any atom is 0.428 e. The second-order valence-electron chi connectivity index (χ2n) is 6.64. The van der Waals surface area contributed by atoms with Gasteiger partial charge in [0, 0.05) is 5.41 Å². The number of aliphatic hydroxyl groups excluding tert-OH is 3. The SMILES string of the molecule is CCC(CO)(CO)CO.O=C(O)C(=C(F)F)C(F)(F)F.O=C(O)C(=C(F)F)C(F)(F)F.O=C(O)C(=C(F)F)C(F)(F)F. The van der Waals surface area contributed by atoms with Crippen molar-refractivity contribution in [1.82, 2.24) is 0 Å². The van der Waals surface area contributed by atoms with E-state index in [4.69, 9.17) is 30.6 Å². The van der Waals surface area contributed by atoms with Crippen LogP contribution < -0.4 is 0 Å². The second kappa shape index (κ2) is 18.8. The highest BCUT2D eigenvalue weighted by molar-refractivity contribution is 5.89. The summed E-state index contributed by atoms with van der Waals surface area (Å²) in [5.41, 5.74) is -9.13. The molecule has 0 aliphatic carbocycles. The second-order valence-corrected chi connectivity index (χ2v) is 6.64. The maximum absolute atomic E-state index is 11.3. The molecule has 0 atom stereocenters.